The van der Waals surface area contributed by atoms with Crippen LogP contribution in [0.4, 0.5) is 0 Å². The molecule has 1 aromatic heterocycles. The van der Waals surface area contributed by atoms with Gasteiger partial charge in [-0.2, -0.15) is 0 Å². The van der Waals surface area contributed by atoms with Crippen LogP contribution in [0.3, 0.4) is 0 Å². The van der Waals surface area contributed by atoms with Crippen molar-refractivity contribution in [1.82, 2.24) is 9.47 Å². The van der Waals surface area contributed by atoms with Crippen LogP contribution in [0.2, 0.25) is 0 Å². The number of piperidine rings is 1. The van der Waals surface area contributed by atoms with Gasteiger partial charge in [0.1, 0.15) is 0 Å². The number of pyridine rings is 1. The van der Waals surface area contributed by atoms with Gasteiger partial charge in [0.25, 0.3) is 5.56 Å². The number of nitrogens with two attached hydrogens (primary N) is 1. The number of hydrogen-bond acceptors (Lipinski definition) is 3. The molecule has 0 spiro atoms. The Morgan fingerprint density at radius 1 is 1.41 bits per heavy atom. The lowest BCUT2D eigenvalue weighted by atomic mass is 9.89. The minimum atomic E-state index is -0.361. The normalized spacial score (nSPS) is 17.5. The number of carbonyl (C=O) groups excluding carboxylic acids is 1. The Labute approximate surface area is 132 Å². The van der Waals surface area contributed by atoms with Crippen LogP contribution < -0.4 is 11.3 Å². The summed E-state index contributed by atoms with van der Waals surface area (Å²) in [5.41, 5.74) is 7.10. The Kier molecular flexibility index (Phi) is 5.77. The van der Waals surface area contributed by atoms with Gasteiger partial charge in [0, 0.05) is 32.4 Å². The highest BCUT2D eigenvalue weighted by molar-refractivity contribution is 5.81. The van der Waals surface area contributed by atoms with Crippen LogP contribution in [0, 0.1) is 0 Å². The summed E-state index contributed by atoms with van der Waals surface area (Å²) in [5.74, 6) is 0.445. The van der Waals surface area contributed by atoms with E-state index < -0.39 is 0 Å². The number of carbonyl (C=O) groups is 1. The molecule has 1 atom stereocenters. The number of nitrogens with zero attached hydrogens (tertiary/aromatic N) is 2. The van der Waals surface area contributed by atoms with Gasteiger partial charge in [-0.3, -0.25) is 9.59 Å². The minimum Gasteiger partial charge on any atom is -0.341 e. The summed E-state index contributed by atoms with van der Waals surface area (Å²) in [5, 5.41) is 0. The first-order valence-corrected chi connectivity index (χ1v) is 8.24. The van der Waals surface area contributed by atoms with Crippen molar-refractivity contribution in [3.05, 3.63) is 34.2 Å². The molecule has 0 aliphatic carbocycles. The molecule has 0 unspecified atom stereocenters. The molecule has 122 valence electrons. The lowest BCUT2D eigenvalue weighted by Crippen LogP contribution is -2.46. The summed E-state index contributed by atoms with van der Waals surface area (Å²) in [6.07, 6.45) is 6.45. The fourth-order valence-corrected chi connectivity index (χ4v) is 3.03. The number of rotatable bonds is 5. The SMILES string of the molecule is CCCC[C@H](N)C(=O)N1CCC(c2ccn(C)c(=O)c2)CC1. The molecule has 1 saturated heterocycles. The Morgan fingerprint density at radius 2 is 2.09 bits per heavy atom. The molecule has 0 radical (unpaired) electrons. The van der Waals surface area contributed by atoms with Gasteiger partial charge in [-0.05, 0) is 36.8 Å². The molecule has 22 heavy (non-hydrogen) atoms. The molecule has 1 fully saturated rings. The van der Waals surface area contributed by atoms with Crippen LogP contribution in [0.15, 0.2) is 23.1 Å². The Hall–Kier alpha value is -1.62. The van der Waals surface area contributed by atoms with E-state index in [-0.39, 0.29) is 17.5 Å². The first kappa shape index (κ1) is 16.7. The molecule has 2 heterocycles. The number of amides is 1. The predicted molar refractivity (Wildman–Crippen MR) is 87.7 cm³/mol. The summed E-state index contributed by atoms with van der Waals surface area (Å²) in [6.45, 7) is 3.57. The van der Waals surface area contributed by atoms with Crippen molar-refractivity contribution in [1.29, 1.82) is 0 Å². The smallest absolute Gasteiger partial charge is 0.250 e. The second-order valence-corrected chi connectivity index (χ2v) is 6.26. The fourth-order valence-electron chi connectivity index (χ4n) is 3.03. The number of aryl methyl sites for hydroxylation is 1. The van der Waals surface area contributed by atoms with Gasteiger partial charge in [0.15, 0.2) is 0 Å². The molecular weight excluding hydrogens is 278 g/mol. The Morgan fingerprint density at radius 3 is 2.68 bits per heavy atom. The topological polar surface area (TPSA) is 68.3 Å². The van der Waals surface area contributed by atoms with E-state index in [1.807, 2.05) is 17.2 Å². The van der Waals surface area contributed by atoms with E-state index in [1.165, 1.54) is 0 Å². The summed E-state index contributed by atoms with van der Waals surface area (Å²) < 4.78 is 1.58. The van der Waals surface area contributed by atoms with Crippen molar-refractivity contribution in [2.45, 2.75) is 51.0 Å². The molecule has 1 aliphatic heterocycles. The summed E-state index contributed by atoms with van der Waals surface area (Å²) in [7, 11) is 1.76. The molecule has 5 nitrogen and oxygen atoms in total. The van der Waals surface area contributed by atoms with E-state index in [0.717, 1.165) is 50.8 Å². The maximum atomic E-state index is 12.3. The summed E-state index contributed by atoms with van der Waals surface area (Å²) in [4.78, 5) is 25.9. The highest BCUT2D eigenvalue weighted by atomic mass is 16.2. The number of likely N-dealkylation sites (tertiary alicyclic amines) is 1. The van der Waals surface area contributed by atoms with Crippen molar-refractivity contribution in [3.63, 3.8) is 0 Å². The maximum absolute atomic E-state index is 12.3. The summed E-state index contributed by atoms with van der Waals surface area (Å²) >= 11 is 0. The molecule has 0 bridgehead atoms. The molecule has 1 aromatic rings. The maximum Gasteiger partial charge on any atom is 0.250 e. The number of aromatic nitrogens is 1. The van der Waals surface area contributed by atoms with Crippen molar-refractivity contribution in [2.75, 3.05) is 13.1 Å². The quantitative estimate of drug-likeness (QED) is 0.898. The van der Waals surface area contributed by atoms with E-state index in [4.69, 9.17) is 5.73 Å². The third-order valence-corrected chi connectivity index (χ3v) is 4.59. The summed E-state index contributed by atoms with van der Waals surface area (Å²) in [6, 6.07) is 3.37. The van der Waals surface area contributed by atoms with E-state index in [0.29, 0.717) is 5.92 Å². The average molecular weight is 305 g/mol. The lowest BCUT2D eigenvalue weighted by molar-refractivity contribution is -0.133. The van der Waals surface area contributed by atoms with Crippen molar-refractivity contribution >= 4 is 5.91 Å². The molecule has 0 saturated carbocycles. The van der Waals surface area contributed by atoms with Crippen LogP contribution >= 0.6 is 0 Å². The monoisotopic (exact) mass is 305 g/mol. The van der Waals surface area contributed by atoms with E-state index in [2.05, 4.69) is 6.92 Å². The molecule has 1 aliphatic rings. The first-order valence-electron chi connectivity index (χ1n) is 8.24. The third-order valence-electron chi connectivity index (χ3n) is 4.59. The second-order valence-electron chi connectivity index (χ2n) is 6.26. The molecule has 0 aromatic carbocycles. The second kappa shape index (κ2) is 7.58. The van der Waals surface area contributed by atoms with Gasteiger partial charge >= 0.3 is 0 Å². The van der Waals surface area contributed by atoms with Gasteiger partial charge in [0.05, 0.1) is 6.04 Å². The van der Waals surface area contributed by atoms with Gasteiger partial charge < -0.3 is 15.2 Å². The van der Waals surface area contributed by atoms with Crippen molar-refractivity contribution < 1.29 is 4.79 Å². The molecule has 5 heteroatoms. The van der Waals surface area contributed by atoms with Gasteiger partial charge in [-0.15, -0.1) is 0 Å². The minimum absolute atomic E-state index is 0.0255. The van der Waals surface area contributed by atoms with Crippen LogP contribution in [-0.4, -0.2) is 34.5 Å². The predicted octanol–water partition coefficient (Wildman–Crippen LogP) is 1.61. The van der Waals surface area contributed by atoms with Crippen molar-refractivity contribution in [3.8, 4) is 0 Å². The Bertz CT molecular complexity index is 559. The van der Waals surface area contributed by atoms with E-state index in [9.17, 15) is 9.59 Å². The zero-order valence-corrected chi connectivity index (χ0v) is 13.6. The number of hydrogen-bond donors (Lipinski definition) is 1. The fraction of sp³-hybridized carbons (Fsp3) is 0.647. The van der Waals surface area contributed by atoms with E-state index in [1.54, 1.807) is 17.7 Å². The Balaban J connectivity index is 1.91. The van der Waals surface area contributed by atoms with Crippen LogP contribution in [0.25, 0.3) is 0 Å². The molecular formula is C17H27N3O2. The third kappa shape index (κ3) is 3.97. The average Bonchev–Trinajstić information content (AvgIpc) is 2.54. The van der Waals surface area contributed by atoms with E-state index >= 15 is 0 Å². The van der Waals surface area contributed by atoms with Crippen LogP contribution in [-0.2, 0) is 11.8 Å². The molecule has 2 rings (SSSR count). The van der Waals surface area contributed by atoms with Gasteiger partial charge in [-0.25, -0.2) is 0 Å². The lowest BCUT2D eigenvalue weighted by Gasteiger charge is -2.33. The van der Waals surface area contributed by atoms with Gasteiger partial charge in [-0.1, -0.05) is 19.8 Å². The first-order chi connectivity index (χ1) is 10.5. The zero-order chi connectivity index (χ0) is 16.1. The molecule has 1 amide bonds. The van der Waals surface area contributed by atoms with Crippen LogP contribution in [0.1, 0.15) is 50.5 Å². The van der Waals surface area contributed by atoms with Crippen molar-refractivity contribution in [2.24, 2.45) is 12.8 Å². The van der Waals surface area contributed by atoms with Crippen LogP contribution in [0.5, 0.6) is 0 Å². The molecule has 2 N–H and O–H groups in total. The largest absolute Gasteiger partial charge is 0.341 e. The standard InChI is InChI=1S/C17H27N3O2/c1-3-4-5-15(18)17(22)20-10-7-13(8-11-20)14-6-9-19(2)16(21)12-14/h6,9,12-13,15H,3-5,7-8,10-11,18H2,1-2H3/t15-/m0/s1. The zero-order valence-electron chi connectivity index (χ0n) is 13.6. The highest BCUT2D eigenvalue weighted by Gasteiger charge is 2.26. The highest BCUT2D eigenvalue weighted by Crippen LogP contribution is 2.27. The number of unbranched alkanes of at least 4 members (excludes halogenated alkanes) is 1. The van der Waals surface area contributed by atoms with Gasteiger partial charge in [0.2, 0.25) is 5.91 Å².